The lowest BCUT2D eigenvalue weighted by atomic mass is 9.90. The van der Waals surface area contributed by atoms with Gasteiger partial charge in [0.2, 0.25) is 0 Å². The number of hydrogen-bond donors (Lipinski definition) is 5. The number of rotatable bonds is 17. The molecule has 1 aromatic carbocycles. The lowest BCUT2D eigenvalue weighted by molar-refractivity contribution is -0.297. The number of carbonyl (C=O) groups is 1. The first-order valence-electron chi connectivity index (χ1n) is 12.8. The number of aliphatic hydroxyl groups is 2. The number of ether oxygens (including phenoxy) is 5. The highest BCUT2D eigenvalue weighted by Crippen LogP contribution is 2.24. The summed E-state index contributed by atoms with van der Waals surface area (Å²) in [5, 5.41) is 35.9. The van der Waals surface area contributed by atoms with Crippen molar-refractivity contribution in [2.75, 3.05) is 53.2 Å². The Kier molecular flexibility index (Phi) is 13.6. The number of hydrogen-bond acceptors (Lipinski definition) is 10. The van der Waals surface area contributed by atoms with Crippen molar-refractivity contribution in [3.8, 4) is 11.5 Å². The molecule has 1 aliphatic rings. The molecule has 212 valence electrons. The molecule has 0 bridgehead atoms. The van der Waals surface area contributed by atoms with Gasteiger partial charge in [0.1, 0.15) is 35.9 Å². The van der Waals surface area contributed by atoms with Gasteiger partial charge in [0.15, 0.2) is 12.9 Å². The fourth-order valence-corrected chi connectivity index (χ4v) is 3.83. The van der Waals surface area contributed by atoms with Crippen LogP contribution < -0.4 is 15.4 Å². The van der Waals surface area contributed by atoms with E-state index in [0.717, 1.165) is 12.8 Å². The molecule has 1 aromatic rings. The number of carbonyl (C=O) groups excluding carboxylic acids is 1. The summed E-state index contributed by atoms with van der Waals surface area (Å²) in [5.41, 5.74) is -0.136. The molecular weight excluding hydrogens is 484 g/mol. The van der Waals surface area contributed by atoms with Crippen molar-refractivity contribution in [1.82, 2.24) is 10.6 Å². The van der Waals surface area contributed by atoms with E-state index in [9.17, 15) is 20.1 Å². The van der Waals surface area contributed by atoms with Crippen LogP contribution in [0, 0.1) is 5.41 Å². The van der Waals surface area contributed by atoms with Crippen LogP contribution in [0.1, 0.15) is 33.6 Å². The zero-order chi connectivity index (χ0) is 27.3. The average Bonchev–Trinajstić information content (AvgIpc) is 2.87. The van der Waals surface area contributed by atoms with Gasteiger partial charge in [-0.05, 0) is 56.0 Å². The molecule has 0 spiro atoms. The van der Waals surface area contributed by atoms with E-state index in [1.165, 1.54) is 19.2 Å². The summed E-state index contributed by atoms with van der Waals surface area (Å²) in [4.78, 5) is 12.1. The standard InChI is InChI=1S/C26H44N2O9/c1-5-35-25-23(32)22(31)24(33-4)20(37-25)15-27-12-6-13-34-14-11-26(2,3)17-28-21(30)16-36-19-9-7-18(29)8-10-19/h7-10,20,22-25,27,29,31-32H,5-6,11-17H2,1-4H3,(H,28,30). The second-order valence-electron chi connectivity index (χ2n) is 9.82. The van der Waals surface area contributed by atoms with Crippen molar-refractivity contribution in [2.24, 2.45) is 5.41 Å². The SMILES string of the molecule is CCOC1OC(CNCCCOCCC(C)(C)CNC(=O)COc2ccc(O)cc2)C(OC)C(O)C1O. The van der Waals surface area contributed by atoms with Crippen LogP contribution in [0.3, 0.4) is 0 Å². The summed E-state index contributed by atoms with van der Waals surface area (Å²) in [7, 11) is 1.48. The summed E-state index contributed by atoms with van der Waals surface area (Å²) in [6.07, 6.45) is -2.68. The third-order valence-electron chi connectivity index (χ3n) is 6.13. The first-order valence-corrected chi connectivity index (χ1v) is 12.8. The minimum atomic E-state index is -1.16. The van der Waals surface area contributed by atoms with Crippen LogP contribution in [0.5, 0.6) is 11.5 Å². The molecular formula is C26H44N2O9. The van der Waals surface area contributed by atoms with Gasteiger partial charge in [-0.2, -0.15) is 0 Å². The predicted molar refractivity (Wildman–Crippen MR) is 136 cm³/mol. The zero-order valence-electron chi connectivity index (χ0n) is 22.4. The summed E-state index contributed by atoms with van der Waals surface area (Å²) in [5.74, 6) is 0.455. The van der Waals surface area contributed by atoms with Gasteiger partial charge in [-0.25, -0.2) is 0 Å². The number of phenolic OH excluding ortho intramolecular Hbond substituents is 1. The van der Waals surface area contributed by atoms with Gasteiger partial charge in [0.25, 0.3) is 5.91 Å². The molecule has 37 heavy (non-hydrogen) atoms. The van der Waals surface area contributed by atoms with Gasteiger partial charge in [0.05, 0.1) is 0 Å². The molecule has 1 amide bonds. The number of aliphatic hydroxyl groups excluding tert-OH is 2. The van der Waals surface area contributed by atoms with E-state index in [1.807, 2.05) is 0 Å². The lowest BCUT2D eigenvalue weighted by Crippen LogP contribution is -2.61. The molecule has 1 fully saturated rings. The first-order chi connectivity index (χ1) is 17.7. The van der Waals surface area contributed by atoms with Crippen molar-refractivity contribution in [3.05, 3.63) is 24.3 Å². The molecule has 0 saturated carbocycles. The molecule has 11 nitrogen and oxygen atoms in total. The van der Waals surface area contributed by atoms with Crippen LogP contribution in [0.25, 0.3) is 0 Å². The summed E-state index contributed by atoms with van der Waals surface area (Å²) >= 11 is 0. The highest BCUT2D eigenvalue weighted by Gasteiger charge is 2.44. The van der Waals surface area contributed by atoms with Crippen LogP contribution in [-0.4, -0.2) is 105 Å². The zero-order valence-corrected chi connectivity index (χ0v) is 22.4. The van der Waals surface area contributed by atoms with Crippen LogP contribution in [-0.2, 0) is 23.7 Å². The summed E-state index contributed by atoms with van der Waals surface area (Å²) in [6, 6.07) is 6.22. The van der Waals surface area contributed by atoms with Gasteiger partial charge < -0.3 is 49.6 Å². The Morgan fingerprint density at radius 1 is 1.14 bits per heavy atom. The third-order valence-corrected chi connectivity index (χ3v) is 6.13. The molecule has 2 rings (SSSR count). The van der Waals surface area contributed by atoms with Crippen molar-refractivity contribution in [3.63, 3.8) is 0 Å². The lowest BCUT2D eigenvalue weighted by Gasteiger charge is -2.41. The number of nitrogens with one attached hydrogen (secondary N) is 2. The molecule has 5 atom stereocenters. The van der Waals surface area contributed by atoms with E-state index in [2.05, 4.69) is 24.5 Å². The molecule has 11 heteroatoms. The second kappa shape index (κ2) is 16.1. The van der Waals surface area contributed by atoms with Crippen LogP contribution in [0.4, 0.5) is 0 Å². The molecule has 5 unspecified atom stereocenters. The summed E-state index contributed by atoms with van der Waals surface area (Å²) < 4.78 is 27.7. The Morgan fingerprint density at radius 3 is 2.54 bits per heavy atom. The topological polar surface area (TPSA) is 148 Å². The molecule has 0 radical (unpaired) electrons. The Morgan fingerprint density at radius 2 is 1.86 bits per heavy atom. The largest absolute Gasteiger partial charge is 0.508 e. The maximum absolute atomic E-state index is 12.1. The maximum atomic E-state index is 12.1. The predicted octanol–water partition coefficient (Wildman–Crippen LogP) is 0.798. The number of aromatic hydroxyl groups is 1. The molecule has 5 N–H and O–H groups in total. The Hall–Kier alpha value is -1.99. The second-order valence-corrected chi connectivity index (χ2v) is 9.82. The van der Waals surface area contributed by atoms with Gasteiger partial charge >= 0.3 is 0 Å². The van der Waals surface area contributed by atoms with Crippen LogP contribution in [0.15, 0.2) is 24.3 Å². The van der Waals surface area contributed by atoms with E-state index in [0.29, 0.717) is 45.2 Å². The van der Waals surface area contributed by atoms with E-state index in [4.69, 9.17) is 23.7 Å². The number of benzene rings is 1. The summed E-state index contributed by atoms with van der Waals surface area (Å²) in [6.45, 7) is 8.99. The monoisotopic (exact) mass is 528 g/mol. The molecule has 1 saturated heterocycles. The first kappa shape index (κ1) is 31.2. The number of methoxy groups -OCH3 is 1. The van der Waals surface area contributed by atoms with Crippen LogP contribution >= 0.6 is 0 Å². The number of amides is 1. The molecule has 1 aliphatic heterocycles. The van der Waals surface area contributed by atoms with Crippen molar-refractivity contribution in [2.45, 2.75) is 64.3 Å². The Balaban J connectivity index is 1.54. The Labute approximate surface area is 219 Å². The van der Waals surface area contributed by atoms with Gasteiger partial charge in [0, 0.05) is 40.0 Å². The highest BCUT2D eigenvalue weighted by atomic mass is 16.7. The quantitative estimate of drug-likeness (QED) is 0.184. The van der Waals surface area contributed by atoms with E-state index in [1.54, 1.807) is 19.1 Å². The highest BCUT2D eigenvalue weighted by molar-refractivity contribution is 5.77. The van der Waals surface area contributed by atoms with E-state index < -0.39 is 30.7 Å². The smallest absolute Gasteiger partial charge is 0.257 e. The minimum absolute atomic E-state index is 0.0901. The van der Waals surface area contributed by atoms with Crippen molar-refractivity contribution in [1.29, 1.82) is 0 Å². The minimum Gasteiger partial charge on any atom is -0.508 e. The van der Waals surface area contributed by atoms with Gasteiger partial charge in [-0.1, -0.05) is 13.8 Å². The van der Waals surface area contributed by atoms with Crippen molar-refractivity contribution >= 4 is 5.91 Å². The molecule has 1 heterocycles. The number of phenols is 1. The normalized spacial score (nSPS) is 24.1. The molecule has 0 aliphatic carbocycles. The fourth-order valence-electron chi connectivity index (χ4n) is 3.83. The third kappa shape index (κ3) is 11.1. The van der Waals surface area contributed by atoms with Crippen molar-refractivity contribution < 1.29 is 43.8 Å². The molecule has 0 aromatic heterocycles. The van der Waals surface area contributed by atoms with Gasteiger partial charge in [-0.15, -0.1) is 0 Å². The maximum Gasteiger partial charge on any atom is 0.257 e. The fraction of sp³-hybridized carbons (Fsp3) is 0.731. The average molecular weight is 529 g/mol. The van der Waals surface area contributed by atoms with Crippen LogP contribution in [0.2, 0.25) is 0 Å². The van der Waals surface area contributed by atoms with E-state index in [-0.39, 0.29) is 23.7 Å². The van der Waals surface area contributed by atoms with E-state index >= 15 is 0 Å². The van der Waals surface area contributed by atoms with Gasteiger partial charge in [-0.3, -0.25) is 4.79 Å². The Bertz CT molecular complexity index is 776.